The fourth-order valence-corrected chi connectivity index (χ4v) is 2.28. The van der Waals surface area contributed by atoms with Crippen LogP contribution in [0, 0.1) is 0 Å². The van der Waals surface area contributed by atoms with Gasteiger partial charge in [0.05, 0.1) is 4.47 Å². The van der Waals surface area contributed by atoms with Crippen LogP contribution in [-0.2, 0) is 16.1 Å². The van der Waals surface area contributed by atoms with Gasteiger partial charge in [-0.3, -0.25) is 9.59 Å². The molecule has 18 heavy (non-hydrogen) atoms. The van der Waals surface area contributed by atoms with E-state index in [1.54, 1.807) is 18.3 Å². The number of ether oxygens (including phenoxy) is 1. The molecule has 0 radical (unpaired) electrons. The van der Waals surface area contributed by atoms with E-state index in [0.717, 1.165) is 12.8 Å². The Balaban J connectivity index is 1.94. The van der Waals surface area contributed by atoms with Gasteiger partial charge in [-0.05, 0) is 40.9 Å². The number of halogens is 1. The molecule has 0 spiro atoms. The van der Waals surface area contributed by atoms with Gasteiger partial charge in [-0.1, -0.05) is 0 Å². The molecular weight excluding hydrogens is 300 g/mol. The highest BCUT2D eigenvalue weighted by Crippen LogP contribution is 2.06. The molecule has 0 atom stereocenters. The van der Waals surface area contributed by atoms with Gasteiger partial charge in [0.15, 0.2) is 0 Å². The minimum Gasteiger partial charge on any atom is -0.381 e. The van der Waals surface area contributed by atoms with E-state index in [2.05, 4.69) is 21.2 Å². The topological polar surface area (TPSA) is 60.3 Å². The summed E-state index contributed by atoms with van der Waals surface area (Å²) in [6.45, 7) is 1.42. The molecule has 1 fully saturated rings. The maximum atomic E-state index is 11.8. The first kappa shape index (κ1) is 13.3. The molecule has 5 nitrogen and oxygen atoms in total. The number of nitrogens with zero attached hydrogens (tertiary/aromatic N) is 1. The third-order valence-electron chi connectivity index (χ3n) is 2.87. The van der Waals surface area contributed by atoms with Crippen LogP contribution in [-0.4, -0.2) is 29.7 Å². The first-order valence-corrected chi connectivity index (χ1v) is 6.68. The van der Waals surface area contributed by atoms with Gasteiger partial charge in [-0.15, -0.1) is 0 Å². The van der Waals surface area contributed by atoms with Crippen molar-refractivity contribution in [3.63, 3.8) is 0 Å². The van der Waals surface area contributed by atoms with Crippen molar-refractivity contribution in [2.45, 2.75) is 25.4 Å². The van der Waals surface area contributed by atoms with Gasteiger partial charge in [0.2, 0.25) is 5.91 Å². The molecule has 1 aromatic rings. The largest absolute Gasteiger partial charge is 0.381 e. The van der Waals surface area contributed by atoms with Gasteiger partial charge in [0.25, 0.3) is 5.56 Å². The summed E-state index contributed by atoms with van der Waals surface area (Å²) in [6, 6.07) is 3.55. The lowest BCUT2D eigenvalue weighted by Crippen LogP contribution is -2.41. The third-order valence-corrected chi connectivity index (χ3v) is 3.48. The van der Waals surface area contributed by atoms with Crippen molar-refractivity contribution in [1.82, 2.24) is 9.88 Å². The van der Waals surface area contributed by atoms with Crippen molar-refractivity contribution in [3.8, 4) is 0 Å². The summed E-state index contributed by atoms with van der Waals surface area (Å²) in [7, 11) is 0. The van der Waals surface area contributed by atoms with Gasteiger partial charge >= 0.3 is 0 Å². The summed E-state index contributed by atoms with van der Waals surface area (Å²) < 4.78 is 7.07. The molecule has 0 saturated carbocycles. The van der Waals surface area contributed by atoms with E-state index in [-0.39, 0.29) is 24.1 Å². The molecule has 0 unspecified atom stereocenters. The van der Waals surface area contributed by atoms with E-state index >= 15 is 0 Å². The van der Waals surface area contributed by atoms with Gasteiger partial charge in [0.1, 0.15) is 6.54 Å². The molecule has 1 amide bonds. The maximum Gasteiger partial charge on any atom is 0.265 e. The highest BCUT2D eigenvalue weighted by molar-refractivity contribution is 9.10. The smallest absolute Gasteiger partial charge is 0.265 e. The van der Waals surface area contributed by atoms with Crippen LogP contribution in [0.3, 0.4) is 0 Å². The number of pyridine rings is 1. The lowest BCUT2D eigenvalue weighted by molar-refractivity contribution is -0.123. The zero-order chi connectivity index (χ0) is 13.0. The number of hydrogen-bond acceptors (Lipinski definition) is 3. The van der Waals surface area contributed by atoms with Crippen molar-refractivity contribution in [1.29, 1.82) is 0 Å². The predicted octanol–water partition coefficient (Wildman–Crippen LogP) is 0.906. The Kier molecular flexibility index (Phi) is 4.54. The first-order chi connectivity index (χ1) is 8.66. The molecule has 1 aromatic heterocycles. The number of carbonyl (C=O) groups excluding carboxylic acids is 1. The van der Waals surface area contributed by atoms with Crippen LogP contribution in [0.5, 0.6) is 0 Å². The number of rotatable bonds is 3. The Bertz CT molecular complexity index is 480. The molecule has 2 heterocycles. The zero-order valence-electron chi connectivity index (χ0n) is 9.89. The van der Waals surface area contributed by atoms with Crippen LogP contribution in [0.1, 0.15) is 12.8 Å². The van der Waals surface area contributed by atoms with Crippen LogP contribution < -0.4 is 10.9 Å². The zero-order valence-corrected chi connectivity index (χ0v) is 11.5. The molecule has 0 aromatic carbocycles. The molecule has 0 aliphatic carbocycles. The Morgan fingerprint density at radius 1 is 1.50 bits per heavy atom. The molecule has 2 rings (SSSR count). The summed E-state index contributed by atoms with van der Waals surface area (Å²) in [5.74, 6) is -0.137. The second-order valence-corrected chi connectivity index (χ2v) is 5.10. The van der Waals surface area contributed by atoms with E-state index in [4.69, 9.17) is 4.74 Å². The quantitative estimate of drug-likeness (QED) is 0.902. The van der Waals surface area contributed by atoms with Gasteiger partial charge in [-0.2, -0.15) is 0 Å². The number of amides is 1. The lowest BCUT2D eigenvalue weighted by Gasteiger charge is -2.23. The van der Waals surface area contributed by atoms with E-state index in [1.807, 2.05) is 0 Å². The van der Waals surface area contributed by atoms with Crippen molar-refractivity contribution in [2.24, 2.45) is 0 Å². The molecule has 0 bridgehead atoms. The number of aromatic nitrogens is 1. The third kappa shape index (κ3) is 3.43. The minimum absolute atomic E-state index is 0.0512. The average molecular weight is 315 g/mol. The summed E-state index contributed by atoms with van der Waals surface area (Å²) >= 11 is 3.15. The standard InChI is InChI=1S/C12H15BrN2O3/c13-10-2-1-5-15(12(10)17)8-11(16)14-9-3-6-18-7-4-9/h1-2,5,9H,3-4,6-8H2,(H,14,16). The SMILES string of the molecule is O=C(Cn1cccc(Br)c1=O)NC1CCOCC1. The summed E-state index contributed by atoms with van der Waals surface area (Å²) in [5, 5.41) is 2.92. The fourth-order valence-electron chi connectivity index (χ4n) is 1.90. The van der Waals surface area contributed by atoms with E-state index in [9.17, 15) is 9.59 Å². The summed E-state index contributed by atoms with van der Waals surface area (Å²) in [4.78, 5) is 23.5. The fraction of sp³-hybridized carbons (Fsp3) is 0.500. The number of hydrogen-bond donors (Lipinski definition) is 1. The Morgan fingerprint density at radius 2 is 2.22 bits per heavy atom. The van der Waals surface area contributed by atoms with Crippen molar-refractivity contribution in [2.75, 3.05) is 13.2 Å². The Hall–Kier alpha value is -1.14. The van der Waals surface area contributed by atoms with E-state index in [1.165, 1.54) is 4.57 Å². The molecule has 6 heteroatoms. The van der Waals surface area contributed by atoms with Crippen LogP contribution >= 0.6 is 15.9 Å². The molecule has 1 N–H and O–H groups in total. The van der Waals surface area contributed by atoms with E-state index in [0.29, 0.717) is 17.7 Å². The molecule has 1 saturated heterocycles. The molecule has 98 valence electrons. The Labute approximate surface area is 113 Å². The number of carbonyl (C=O) groups is 1. The molecular formula is C12H15BrN2O3. The van der Waals surface area contributed by atoms with E-state index < -0.39 is 0 Å². The number of nitrogens with one attached hydrogen (secondary N) is 1. The van der Waals surface area contributed by atoms with Gasteiger partial charge in [0, 0.05) is 25.5 Å². The van der Waals surface area contributed by atoms with Gasteiger partial charge in [-0.25, -0.2) is 0 Å². The van der Waals surface area contributed by atoms with Crippen LogP contribution in [0.25, 0.3) is 0 Å². The average Bonchev–Trinajstić information content (AvgIpc) is 2.36. The first-order valence-electron chi connectivity index (χ1n) is 5.89. The minimum atomic E-state index is -0.195. The van der Waals surface area contributed by atoms with Crippen LogP contribution in [0.15, 0.2) is 27.6 Å². The van der Waals surface area contributed by atoms with Crippen molar-refractivity contribution >= 4 is 21.8 Å². The molecule has 1 aliphatic heterocycles. The highest BCUT2D eigenvalue weighted by Gasteiger charge is 2.16. The normalized spacial score (nSPS) is 16.5. The second-order valence-electron chi connectivity index (χ2n) is 4.24. The van der Waals surface area contributed by atoms with Crippen LogP contribution in [0.4, 0.5) is 0 Å². The van der Waals surface area contributed by atoms with Crippen molar-refractivity contribution in [3.05, 3.63) is 33.2 Å². The van der Waals surface area contributed by atoms with Gasteiger partial charge < -0.3 is 14.6 Å². The Morgan fingerprint density at radius 3 is 2.94 bits per heavy atom. The highest BCUT2D eigenvalue weighted by atomic mass is 79.9. The summed E-state index contributed by atoms with van der Waals surface area (Å²) in [6.07, 6.45) is 3.27. The monoisotopic (exact) mass is 314 g/mol. The van der Waals surface area contributed by atoms with Crippen LogP contribution in [0.2, 0.25) is 0 Å². The predicted molar refractivity (Wildman–Crippen MR) is 70.4 cm³/mol. The summed E-state index contributed by atoms with van der Waals surface area (Å²) in [5.41, 5.74) is -0.195. The maximum absolute atomic E-state index is 11.8. The lowest BCUT2D eigenvalue weighted by atomic mass is 10.1. The van der Waals surface area contributed by atoms with Crippen molar-refractivity contribution < 1.29 is 9.53 Å². The molecule has 1 aliphatic rings. The second kappa shape index (κ2) is 6.15.